The van der Waals surface area contributed by atoms with Gasteiger partial charge in [0.1, 0.15) is 5.82 Å². The molecular weight excluding hydrogens is 331 g/mol. The van der Waals surface area contributed by atoms with E-state index >= 15 is 0 Å². The number of fused-ring (bicyclic) bond motifs is 2. The molecule has 1 aromatic carbocycles. The fourth-order valence-electron chi connectivity index (χ4n) is 3.06. The third-order valence-electron chi connectivity index (χ3n) is 4.00. The van der Waals surface area contributed by atoms with E-state index in [0.29, 0.717) is 10.5 Å². The molecule has 3 rings (SSSR count). The van der Waals surface area contributed by atoms with Crippen molar-refractivity contribution in [2.75, 3.05) is 13.1 Å². The van der Waals surface area contributed by atoms with Gasteiger partial charge in [0.05, 0.1) is 4.47 Å². The topological polar surface area (TPSA) is 15.3 Å². The zero-order valence-corrected chi connectivity index (χ0v) is 13.1. The SMILES string of the molecule is Cl.Fc1ccc(CN2CCC3CCC(C2)N3)cc1Br. The first-order valence-corrected chi connectivity index (χ1v) is 7.42. The largest absolute Gasteiger partial charge is 0.310 e. The average Bonchev–Trinajstić information content (AvgIpc) is 2.68. The van der Waals surface area contributed by atoms with E-state index in [9.17, 15) is 4.39 Å². The molecule has 2 aliphatic rings. The molecule has 0 amide bonds. The predicted molar refractivity (Wildman–Crippen MR) is 81.2 cm³/mol. The lowest BCUT2D eigenvalue weighted by Gasteiger charge is -2.24. The highest BCUT2D eigenvalue weighted by molar-refractivity contribution is 9.10. The van der Waals surface area contributed by atoms with Crippen molar-refractivity contribution in [2.24, 2.45) is 0 Å². The standard InChI is InChI=1S/C14H18BrFN2.ClH/c15-13-7-10(1-4-14(13)16)8-18-6-5-11-2-3-12(9-18)17-11;/h1,4,7,11-12,17H,2-3,5-6,8-9H2;1H. The number of nitrogens with one attached hydrogen (secondary N) is 1. The molecule has 0 aromatic heterocycles. The summed E-state index contributed by atoms with van der Waals surface area (Å²) >= 11 is 3.25. The van der Waals surface area contributed by atoms with Crippen molar-refractivity contribution in [1.82, 2.24) is 10.2 Å². The summed E-state index contributed by atoms with van der Waals surface area (Å²) in [6.45, 7) is 3.18. The van der Waals surface area contributed by atoms with E-state index in [1.807, 2.05) is 12.1 Å². The van der Waals surface area contributed by atoms with E-state index in [0.717, 1.165) is 25.7 Å². The van der Waals surface area contributed by atoms with Crippen LogP contribution in [0.25, 0.3) is 0 Å². The molecule has 5 heteroatoms. The lowest BCUT2D eigenvalue weighted by Crippen LogP contribution is -2.34. The van der Waals surface area contributed by atoms with Crippen molar-refractivity contribution >= 4 is 28.3 Å². The van der Waals surface area contributed by atoms with Crippen LogP contribution in [0.2, 0.25) is 0 Å². The van der Waals surface area contributed by atoms with E-state index in [1.54, 1.807) is 6.07 Å². The molecule has 0 saturated carbocycles. The van der Waals surface area contributed by atoms with Gasteiger partial charge in [0.15, 0.2) is 0 Å². The van der Waals surface area contributed by atoms with Crippen molar-refractivity contribution in [3.05, 3.63) is 34.1 Å². The summed E-state index contributed by atoms with van der Waals surface area (Å²) in [5.41, 5.74) is 1.18. The molecule has 2 unspecified atom stereocenters. The first-order chi connectivity index (χ1) is 8.70. The predicted octanol–water partition coefficient (Wildman–Crippen LogP) is 3.34. The monoisotopic (exact) mass is 348 g/mol. The molecule has 2 atom stereocenters. The van der Waals surface area contributed by atoms with Crippen LogP contribution < -0.4 is 5.32 Å². The molecule has 1 N–H and O–H groups in total. The van der Waals surface area contributed by atoms with E-state index in [1.165, 1.54) is 24.8 Å². The number of halogens is 3. The Kier molecular flexibility index (Phi) is 5.23. The van der Waals surface area contributed by atoms with Crippen LogP contribution in [0.1, 0.15) is 24.8 Å². The molecule has 2 bridgehead atoms. The highest BCUT2D eigenvalue weighted by Crippen LogP contribution is 2.23. The number of hydrogen-bond donors (Lipinski definition) is 1. The Balaban J connectivity index is 0.00000133. The van der Waals surface area contributed by atoms with Gasteiger partial charge in [-0.15, -0.1) is 12.4 Å². The number of benzene rings is 1. The summed E-state index contributed by atoms with van der Waals surface area (Å²) in [7, 11) is 0. The Labute approximate surface area is 128 Å². The van der Waals surface area contributed by atoms with Gasteiger partial charge >= 0.3 is 0 Å². The second kappa shape index (κ2) is 6.53. The Morgan fingerprint density at radius 3 is 2.84 bits per heavy atom. The minimum absolute atomic E-state index is 0. The van der Waals surface area contributed by atoms with Crippen molar-refractivity contribution in [3.63, 3.8) is 0 Å². The molecule has 0 aliphatic carbocycles. The van der Waals surface area contributed by atoms with Gasteiger partial charge in [-0.05, 0) is 52.9 Å². The van der Waals surface area contributed by atoms with Crippen molar-refractivity contribution in [2.45, 2.75) is 37.9 Å². The van der Waals surface area contributed by atoms with Crippen LogP contribution in [0.15, 0.2) is 22.7 Å². The first kappa shape index (κ1) is 15.2. The van der Waals surface area contributed by atoms with E-state index in [2.05, 4.69) is 26.1 Å². The first-order valence-electron chi connectivity index (χ1n) is 6.63. The Morgan fingerprint density at radius 2 is 2.05 bits per heavy atom. The molecule has 0 radical (unpaired) electrons. The fraction of sp³-hybridized carbons (Fsp3) is 0.571. The minimum Gasteiger partial charge on any atom is -0.310 e. The minimum atomic E-state index is -0.185. The van der Waals surface area contributed by atoms with Crippen LogP contribution in [-0.4, -0.2) is 30.1 Å². The van der Waals surface area contributed by atoms with Gasteiger partial charge in [-0.3, -0.25) is 4.90 Å². The summed E-state index contributed by atoms with van der Waals surface area (Å²) < 4.78 is 13.8. The number of nitrogens with zero attached hydrogens (tertiary/aromatic N) is 1. The molecule has 2 fully saturated rings. The molecule has 2 aliphatic heterocycles. The number of likely N-dealkylation sites (tertiary alicyclic amines) is 1. The molecule has 106 valence electrons. The average molecular weight is 350 g/mol. The van der Waals surface area contributed by atoms with Crippen LogP contribution in [0.4, 0.5) is 4.39 Å². The van der Waals surface area contributed by atoms with Gasteiger partial charge in [0.25, 0.3) is 0 Å². The fourth-order valence-corrected chi connectivity index (χ4v) is 3.48. The van der Waals surface area contributed by atoms with Gasteiger partial charge < -0.3 is 5.32 Å². The maximum absolute atomic E-state index is 13.2. The Bertz CT molecular complexity index is 443. The Hall–Kier alpha value is -0.160. The third kappa shape index (κ3) is 3.69. The van der Waals surface area contributed by atoms with Gasteiger partial charge in [0.2, 0.25) is 0 Å². The van der Waals surface area contributed by atoms with Gasteiger partial charge in [-0.25, -0.2) is 4.39 Å². The van der Waals surface area contributed by atoms with Crippen molar-refractivity contribution in [1.29, 1.82) is 0 Å². The van der Waals surface area contributed by atoms with Crippen molar-refractivity contribution in [3.8, 4) is 0 Å². The molecular formula is C14H19BrClFN2. The molecule has 2 heterocycles. The maximum Gasteiger partial charge on any atom is 0.137 e. The summed E-state index contributed by atoms with van der Waals surface area (Å²) in [5, 5.41) is 3.68. The molecule has 19 heavy (non-hydrogen) atoms. The highest BCUT2D eigenvalue weighted by atomic mass is 79.9. The van der Waals surface area contributed by atoms with E-state index in [4.69, 9.17) is 0 Å². The van der Waals surface area contributed by atoms with Gasteiger partial charge in [-0.2, -0.15) is 0 Å². The number of rotatable bonds is 2. The van der Waals surface area contributed by atoms with Crippen molar-refractivity contribution < 1.29 is 4.39 Å². The van der Waals surface area contributed by atoms with Crippen LogP contribution in [0.3, 0.4) is 0 Å². The van der Waals surface area contributed by atoms with Gasteiger partial charge in [0, 0.05) is 31.7 Å². The quantitative estimate of drug-likeness (QED) is 0.881. The number of hydrogen-bond acceptors (Lipinski definition) is 2. The Morgan fingerprint density at radius 1 is 1.26 bits per heavy atom. The normalized spacial score (nSPS) is 26.8. The maximum atomic E-state index is 13.2. The molecule has 2 saturated heterocycles. The molecule has 2 nitrogen and oxygen atoms in total. The highest BCUT2D eigenvalue weighted by Gasteiger charge is 2.29. The second-order valence-corrected chi connectivity index (χ2v) is 6.26. The summed E-state index contributed by atoms with van der Waals surface area (Å²) in [5.74, 6) is -0.185. The zero-order valence-electron chi connectivity index (χ0n) is 10.7. The van der Waals surface area contributed by atoms with Crippen LogP contribution in [-0.2, 0) is 6.54 Å². The second-order valence-electron chi connectivity index (χ2n) is 5.41. The molecule has 1 aromatic rings. The summed E-state index contributed by atoms with van der Waals surface area (Å²) in [4.78, 5) is 2.48. The smallest absolute Gasteiger partial charge is 0.137 e. The summed E-state index contributed by atoms with van der Waals surface area (Å²) in [6.07, 6.45) is 3.87. The van der Waals surface area contributed by atoms with Gasteiger partial charge in [-0.1, -0.05) is 6.07 Å². The third-order valence-corrected chi connectivity index (χ3v) is 4.61. The van der Waals surface area contributed by atoms with E-state index < -0.39 is 0 Å². The van der Waals surface area contributed by atoms with E-state index in [-0.39, 0.29) is 18.2 Å². The van der Waals surface area contributed by atoms with Crippen LogP contribution >= 0.6 is 28.3 Å². The van der Waals surface area contributed by atoms with Crippen LogP contribution in [0, 0.1) is 5.82 Å². The summed E-state index contributed by atoms with van der Waals surface area (Å²) in [6, 6.07) is 6.70. The zero-order chi connectivity index (χ0) is 12.5. The lowest BCUT2D eigenvalue weighted by atomic mass is 10.1. The van der Waals surface area contributed by atoms with Crippen LogP contribution in [0.5, 0.6) is 0 Å². The lowest BCUT2D eigenvalue weighted by molar-refractivity contribution is 0.251. The molecule has 0 spiro atoms.